The summed E-state index contributed by atoms with van der Waals surface area (Å²) in [5.41, 5.74) is 5.54. The summed E-state index contributed by atoms with van der Waals surface area (Å²) in [6.45, 7) is 4.28. The third kappa shape index (κ3) is 6.17. The average molecular weight is 255 g/mol. The van der Waals surface area contributed by atoms with Gasteiger partial charge in [-0.3, -0.25) is 0 Å². The molecule has 1 unspecified atom stereocenters. The quantitative estimate of drug-likeness (QED) is 0.554. The Balaban J connectivity index is 2.15. The summed E-state index contributed by atoms with van der Waals surface area (Å²) in [6, 6.07) is 1.28. The smallest absolute Gasteiger partial charge is 0.0189 e. The van der Waals surface area contributed by atoms with Gasteiger partial charge in [-0.25, -0.2) is 0 Å². The number of hydrogen-bond acceptors (Lipinski definition) is 3. The molecular weight excluding hydrogens is 222 g/mol. The Morgan fingerprint density at radius 1 is 1.17 bits per heavy atom. The monoisotopic (exact) mass is 255 g/mol. The number of nitrogens with two attached hydrogens (primary N) is 1. The molecule has 0 aromatic carbocycles. The summed E-state index contributed by atoms with van der Waals surface area (Å²) in [6.07, 6.45) is 10.8. The highest BCUT2D eigenvalue weighted by Gasteiger charge is 2.20. The van der Waals surface area contributed by atoms with Crippen LogP contribution in [-0.2, 0) is 0 Å². The maximum atomic E-state index is 5.54. The van der Waals surface area contributed by atoms with E-state index in [0.29, 0.717) is 12.1 Å². The highest BCUT2D eigenvalue weighted by atomic mass is 15.0. The molecule has 0 bridgehead atoms. The van der Waals surface area contributed by atoms with Crippen molar-refractivity contribution in [3.8, 4) is 0 Å². The third-order valence-corrected chi connectivity index (χ3v) is 4.46. The van der Waals surface area contributed by atoms with Gasteiger partial charge in [-0.05, 0) is 52.1 Å². The van der Waals surface area contributed by atoms with Crippen LogP contribution >= 0.6 is 0 Å². The van der Waals surface area contributed by atoms with Crippen molar-refractivity contribution in [3.63, 3.8) is 0 Å². The van der Waals surface area contributed by atoms with E-state index in [1.807, 2.05) is 0 Å². The molecule has 0 aromatic heterocycles. The van der Waals surface area contributed by atoms with Gasteiger partial charge in [0.1, 0.15) is 0 Å². The molecule has 0 heterocycles. The number of nitrogens with one attached hydrogen (secondary N) is 2. The first-order valence-corrected chi connectivity index (χ1v) is 7.88. The molecule has 0 radical (unpaired) electrons. The summed E-state index contributed by atoms with van der Waals surface area (Å²) < 4.78 is 0. The fourth-order valence-corrected chi connectivity index (χ4v) is 3.01. The number of unbranched alkanes of at least 4 members (excludes halogenated alkanes) is 1. The van der Waals surface area contributed by atoms with Crippen molar-refractivity contribution in [2.24, 2.45) is 11.7 Å². The van der Waals surface area contributed by atoms with Crippen LogP contribution in [0.15, 0.2) is 0 Å². The maximum absolute atomic E-state index is 5.54. The van der Waals surface area contributed by atoms with E-state index in [9.17, 15) is 0 Å². The molecule has 0 spiro atoms. The Labute approximate surface area is 113 Å². The summed E-state index contributed by atoms with van der Waals surface area (Å²) in [5.74, 6) is 0.903. The third-order valence-electron chi connectivity index (χ3n) is 4.46. The molecule has 4 N–H and O–H groups in total. The van der Waals surface area contributed by atoms with Crippen LogP contribution in [0.3, 0.4) is 0 Å². The largest absolute Gasteiger partial charge is 0.330 e. The van der Waals surface area contributed by atoms with Gasteiger partial charge in [-0.1, -0.05) is 25.7 Å². The lowest BCUT2D eigenvalue weighted by atomic mass is 9.84. The van der Waals surface area contributed by atoms with E-state index >= 15 is 0 Å². The van der Waals surface area contributed by atoms with E-state index in [2.05, 4.69) is 24.6 Å². The van der Waals surface area contributed by atoms with Crippen molar-refractivity contribution in [3.05, 3.63) is 0 Å². The van der Waals surface area contributed by atoms with Gasteiger partial charge in [0.2, 0.25) is 0 Å². The normalized spacial score (nSPS) is 20.8. The second kappa shape index (κ2) is 9.76. The molecular formula is C15H33N3. The molecule has 0 saturated heterocycles. The van der Waals surface area contributed by atoms with Gasteiger partial charge < -0.3 is 16.4 Å². The van der Waals surface area contributed by atoms with Gasteiger partial charge in [0.25, 0.3) is 0 Å². The first-order chi connectivity index (χ1) is 8.77. The van der Waals surface area contributed by atoms with Gasteiger partial charge in [0, 0.05) is 18.6 Å². The molecule has 108 valence electrons. The lowest BCUT2D eigenvalue weighted by Gasteiger charge is -2.30. The Morgan fingerprint density at radius 3 is 2.50 bits per heavy atom. The van der Waals surface area contributed by atoms with Crippen LogP contribution in [0, 0.1) is 5.92 Å². The van der Waals surface area contributed by atoms with Crippen molar-refractivity contribution in [1.82, 2.24) is 10.6 Å². The molecule has 1 fully saturated rings. The molecule has 0 amide bonds. The van der Waals surface area contributed by atoms with E-state index in [1.165, 1.54) is 44.9 Å². The van der Waals surface area contributed by atoms with Crippen molar-refractivity contribution >= 4 is 0 Å². The highest BCUT2D eigenvalue weighted by Crippen LogP contribution is 2.26. The van der Waals surface area contributed by atoms with Gasteiger partial charge in [-0.2, -0.15) is 0 Å². The van der Waals surface area contributed by atoms with Crippen molar-refractivity contribution in [2.75, 3.05) is 20.1 Å². The Kier molecular flexibility index (Phi) is 8.64. The molecule has 1 saturated carbocycles. The minimum Gasteiger partial charge on any atom is -0.330 e. The summed E-state index contributed by atoms with van der Waals surface area (Å²) in [5, 5.41) is 7.15. The first kappa shape index (κ1) is 15.9. The molecule has 1 rings (SSSR count). The zero-order chi connectivity index (χ0) is 13.2. The molecule has 1 aliphatic carbocycles. The van der Waals surface area contributed by atoms with Crippen molar-refractivity contribution < 1.29 is 0 Å². The van der Waals surface area contributed by atoms with E-state index in [0.717, 1.165) is 25.4 Å². The van der Waals surface area contributed by atoms with Crippen LogP contribution in [0.1, 0.15) is 58.3 Å². The van der Waals surface area contributed by atoms with Gasteiger partial charge in [-0.15, -0.1) is 0 Å². The van der Waals surface area contributed by atoms with E-state index < -0.39 is 0 Å². The average Bonchev–Trinajstić information content (AvgIpc) is 2.43. The molecule has 1 aliphatic rings. The van der Waals surface area contributed by atoms with Crippen LogP contribution < -0.4 is 16.4 Å². The summed E-state index contributed by atoms with van der Waals surface area (Å²) in [7, 11) is 2.07. The van der Waals surface area contributed by atoms with Crippen LogP contribution in [0.5, 0.6) is 0 Å². The van der Waals surface area contributed by atoms with Crippen LogP contribution in [0.25, 0.3) is 0 Å². The molecule has 3 nitrogen and oxygen atoms in total. The molecule has 0 aromatic rings. The van der Waals surface area contributed by atoms with Gasteiger partial charge in [0.05, 0.1) is 0 Å². The Hall–Kier alpha value is -0.120. The van der Waals surface area contributed by atoms with Gasteiger partial charge >= 0.3 is 0 Å². The van der Waals surface area contributed by atoms with E-state index in [4.69, 9.17) is 5.73 Å². The first-order valence-electron chi connectivity index (χ1n) is 7.88. The predicted octanol–water partition coefficient (Wildman–Crippen LogP) is 2.26. The Morgan fingerprint density at radius 2 is 1.89 bits per heavy atom. The summed E-state index contributed by atoms with van der Waals surface area (Å²) in [4.78, 5) is 0. The minimum atomic E-state index is 0.600. The lowest BCUT2D eigenvalue weighted by Crippen LogP contribution is -2.43. The molecule has 2 atom stereocenters. The molecule has 18 heavy (non-hydrogen) atoms. The standard InChI is InChI=1S/C15H33N3/c1-13(14-8-4-3-5-9-14)18-12-15(17-2)10-6-7-11-16/h13-15,17-18H,3-12,16H2,1-2H3/t13?,15-/m0/s1. The van der Waals surface area contributed by atoms with Crippen molar-refractivity contribution in [2.45, 2.75) is 70.4 Å². The second-order valence-electron chi connectivity index (χ2n) is 5.87. The fourth-order valence-electron chi connectivity index (χ4n) is 3.01. The summed E-state index contributed by atoms with van der Waals surface area (Å²) >= 11 is 0. The van der Waals surface area contributed by atoms with Crippen molar-refractivity contribution in [1.29, 1.82) is 0 Å². The van der Waals surface area contributed by atoms with Crippen LogP contribution in [0.4, 0.5) is 0 Å². The van der Waals surface area contributed by atoms with Gasteiger partial charge in [0.15, 0.2) is 0 Å². The number of rotatable bonds is 9. The zero-order valence-corrected chi connectivity index (χ0v) is 12.4. The van der Waals surface area contributed by atoms with E-state index in [1.54, 1.807) is 0 Å². The fraction of sp³-hybridized carbons (Fsp3) is 1.00. The van der Waals surface area contributed by atoms with Crippen LogP contribution in [-0.4, -0.2) is 32.2 Å². The minimum absolute atomic E-state index is 0.600. The van der Waals surface area contributed by atoms with E-state index in [-0.39, 0.29) is 0 Å². The predicted molar refractivity (Wildman–Crippen MR) is 79.8 cm³/mol. The lowest BCUT2D eigenvalue weighted by molar-refractivity contribution is 0.273. The van der Waals surface area contributed by atoms with Crippen LogP contribution in [0.2, 0.25) is 0 Å². The zero-order valence-electron chi connectivity index (χ0n) is 12.4. The topological polar surface area (TPSA) is 50.1 Å². The molecule has 0 aliphatic heterocycles. The Bertz CT molecular complexity index is 190. The SMILES string of the molecule is CN[C@@H](CCCCN)CNC(C)C1CCCCC1. The number of hydrogen-bond donors (Lipinski definition) is 3. The maximum Gasteiger partial charge on any atom is 0.0189 e. The number of likely N-dealkylation sites (N-methyl/N-ethyl adjacent to an activating group) is 1. The highest BCUT2D eigenvalue weighted by molar-refractivity contribution is 4.78. The second-order valence-corrected chi connectivity index (χ2v) is 5.87. The molecule has 3 heteroatoms.